The highest BCUT2D eigenvalue weighted by Crippen LogP contribution is 2.18. The van der Waals surface area contributed by atoms with Crippen molar-refractivity contribution < 1.29 is 8.42 Å². The van der Waals surface area contributed by atoms with Gasteiger partial charge < -0.3 is 5.73 Å². The molecule has 0 aliphatic rings. The monoisotopic (exact) mass is 300 g/mol. The molecule has 2 rings (SSSR count). The first-order chi connectivity index (χ1) is 9.12. The number of sulfonamides is 1. The molecular formula is C11H16N4O2S2. The average Bonchev–Trinajstić information content (AvgIpc) is 3.05. The Labute approximate surface area is 116 Å². The number of hydrogen-bond donors (Lipinski definition) is 2. The SMILES string of the molecule is NCc1cc(S(=O)(=O)NCCCn2cccn2)cs1. The van der Waals surface area contributed by atoms with Gasteiger partial charge in [-0.2, -0.15) is 5.10 Å². The first-order valence-corrected chi connectivity index (χ1v) is 8.22. The zero-order chi connectivity index (χ0) is 13.7. The molecule has 19 heavy (non-hydrogen) atoms. The average molecular weight is 300 g/mol. The van der Waals surface area contributed by atoms with Crippen LogP contribution in [0.5, 0.6) is 0 Å². The Morgan fingerprint density at radius 2 is 2.32 bits per heavy atom. The molecule has 2 heterocycles. The molecule has 3 N–H and O–H groups in total. The summed E-state index contributed by atoms with van der Waals surface area (Å²) < 4.78 is 28.3. The summed E-state index contributed by atoms with van der Waals surface area (Å²) in [4.78, 5) is 1.15. The van der Waals surface area contributed by atoms with Gasteiger partial charge in [0.25, 0.3) is 0 Å². The van der Waals surface area contributed by atoms with Crippen molar-refractivity contribution >= 4 is 21.4 Å². The molecule has 0 aromatic carbocycles. The Hall–Kier alpha value is -1.22. The fourth-order valence-electron chi connectivity index (χ4n) is 1.57. The summed E-state index contributed by atoms with van der Waals surface area (Å²) in [5.74, 6) is 0. The standard InChI is InChI=1S/C11H16N4O2S2/c12-8-10-7-11(9-18-10)19(16,17)14-4-2-6-15-5-1-3-13-15/h1,3,5,7,9,14H,2,4,6,8,12H2. The molecule has 0 spiro atoms. The third-order valence-electron chi connectivity index (χ3n) is 2.56. The lowest BCUT2D eigenvalue weighted by atomic mass is 10.4. The lowest BCUT2D eigenvalue weighted by Gasteiger charge is -2.05. The molecule has 0 amide bonds. The minimum atomic E-state index is -3.42. The summed E-state index contributed by atoms with van der Waals surface area (Å²) in [5, 5.41) is 5.66. The van der Waals surface area contributed by atoms with Crippen LogP contribution in [-0.2, 0) is 23.1 Å². The van der Waals surface area contributed by atoms with Crippen LogP contribution < -0.4 is 10.5 Å². The zero-order valence-corrected chi connectivity index (χ0v) is 12.0. The van der Waals surface area contributed by atoms with Crippen molar-refractivity contribution in [3.63, 3.8) is 0 Å². The molecule has 8 heteroatoms. The Kier molecular flexibility index (Phi) is 4.70. The van der Waals surface area contributed by atoms with Crippen molar-refractivity contribution in [1.29, 1.82) is 0 Å². The minimum absolute atomic E-state index is 0.289. The fraction of sp³-hybridized carbons (Fsp3) is 0.364. The Morgan fingerprint density at radius 3 is 2.95 bits per heavy atom. The Bertz CT molecular complexity index is 604. The van der Waals surface area contributed by atoms with Gasteiger partial charge in [-0.25, -0.2) is 13.1 Å². The van der Waals surface area contributed by atoms with Crippen LogP contribution in [0.1, 0.15) is 11.3 Å². The van der Waals surface area contributed by atoms with Crippen LogP contribution in [0, 0.1) is 0 Å². The molecule has 0 atom stereocenters. The third-order valence-corrected chi connectivity index (χ3v) is 5.11. The molecule has 2 aromatic rings. The van der Waals surface area contributed by atoms with Crippen molar-refractivity contribution in [1.82, 2.24) is 14.5 Å². The van der Waals surface area contributed by atoms with Crippen molar-refractivity contribution in [2.24, 2.45) is 5.73 Å². The molecule has 6 nitrogen and oxygen atoms in total. The second kappa shape index (κ2) is 6.29. The van der Waals surface area contributed by atoms with Crippen LogP contribution in [0.3, 0.4) is 0 Å². The number of nitrogens with zero attached hydrogens (tertiary/aromatic N) is 2. The highest BCUT2D eigenvalue weighted by Gasteiger charge is 2.15. The molecule has 0 aliphatic carbocycles. The summed E-state index contributed by atoms with van der Waals surface area (Å²) in [6.07, 6.45) is 4.24. The smallest absolute Gasteiger partial charge is 0.241 e. The third kappa shape index (κ3) is 3.87. The molecule has 0 unspecified atom stereocenters. The number of aryl methyl sites for hydroxylation is 1. The highest BCUT2D eigenvalue weighted by atomic mass is 32.2. The maximum atomic E-state index is 12.0. The summed E-state index contributed by atoms with van der Waals surface area (Å²) in [5.41, 5.74) is 5.47. The predicted octanol–water partition coefficient (Wildman–Crippen LogP) is 0.772. The number of rotatable bonds is 7. The largest absolute Gasteiger partial charge is 0.326 e. The lowest BCUT2D eigenvalue weighted by Crippen LogP contribution is -2.25. The molecule has 0 aliphatic heterocycles. The molecule has 0 radical (unpaired) electrons. The second-order valence-electron chi connectivity index (χ2n) is 3.97. The van der Waals surface area contributed by atoms with Gasteiger partial charge in [0, 0.05) is 42.3 Å². The fourth-order valence-corrected chi connectivity index (χ4v) is 3.80. The van der Waals surface area contributed by atoms with Crippen molar-refractivity contribution in [3.05, 3.63) is 34.8 Å². The second-order valence-corrected chi connectivity index (χ2v) is 6.74. The van der Waals surface area contributed by atoms with Crippen LogP contribution in [0.4, 0.5) is 0 Å². The van der Waals surface area contributed by atoms with E-state index in [1.54, 1.807) is 22.3 Å². The van der Waals surface area contributed by atoms with Crippen molar-refractivity contribution in [2.75, 3.05) is 6.54 Å². The maximum Gasteiger partial charge on any atom is 0.241 e. The summed E-state index contributed by atoms with van der Waals surface area (Å²) in [6.45, 7) is 1.43. The predicted molar refractivity (Wildman–Crippen MR) is 74.2 cm³/mol. The van der Waals surface area contributed by atoms with E-state index in [0.717, 1.165) is 4.88 Å². The van der Waals surface area contributed by atoms with Gasteiger partial charge in [-0.05, 0) is 18.6 Å². The van der Waals surface area contributed by atoms with E-state index in [4.69, 9.17) is 5.73 Å². The normalized spacial score (nSPS) is 11.8. The van der Waals surface area contributed by atoms with E-state index >= 15 is 0 Å². The molecular weight excluding hydrogens is 284 g/mol. The number of nitrogens with two attached hydrogens (primary N) is 1. The van der Waals surface area contributed by atoms with E-state index < -0.39 is 10.0 Å². The molecule has 0 fully saturated rings. The first-order valence-electron chi connectivity index (χ1n) is 5.86. The topological polar surface area (TPSA) is 90.0 Å². The summed E-state index contributed by atoms with van der Waals surface area (Å²) >= 11 is 1.36. The van der Waals surface area contributed by atoms with Crippen molar-refractivity contribution in [3.8, 4) is 0 Å². The summed E-state index contributed by atoms with van der Waals surface area (Å²) in [7, 11) is -3.42. The van der Waals surface area contributed by atoms with Gasteiger partial charge in [-0.1, -0.05) is 0 Å². The molecule has 104 valence electrons. The maximum absolute atomic E-state index is 12.0. The van der Waals surface area contributed by atoms with Gasteiger partial charge in [0.1, 0.15) is 0 Å². The van der Waals surface area contributed by atoms with Gasteiger partial charge in [-0.15, -0.1) is 11.3 Å². The van der Waals surface area contributed by atoms with E-state index in [1.807, 2.05) is 12.3 Å². The number of aromatic nitrogens is 2. The van der Waals surface area contributed by atoms with Crippen molar-refractivity contribution in [2.45, 2.75) is 24.4 Å². The number of thiophene rings is 1. The van der Waals surface area contributed by atoms with Crippen LogP contribution in [0.15, 0.2) is 34.8 Å². The van der Waals surface area contributed by atoms with E-state index in [0.29, 0.717) is 26.1 Å². The highest BCUT2D eigenvalue weighted by molar-refractivity contribution is 7.89. The van der Waals surface area contributed by atoms with Crippen LogP contribution in [-0.4, -0.2) is 24.7 Å². The summed E-state index contributed by atoms with van der Waals surface area (Å²) in [6, 6.07) is 3.45. The molecule has 0 saturated carbocycles. The lowest BCUT2D eigenvalue weighted by molar-refractivity contribution is 0.553. The van der Waals surface area contributed by atoms with Gasteiger partial charge in [0.2, 0.25) is 10.0 Å². The van der Waals surface area contributed by atoms with E-state index in [1.165, 1.54) is 11.3 Å². The van der Waals surface area contributed by atoms with E-state index in [9.17, 15) is 8.42 Å². The van der Waals surface area contributed by atoms with Crippen LogP contribution in [0.2, 0.25) is 0 Å². The van der Waals surface area contributed by atoms with Crippen LogP contribution in [0.25, 0.3) is 0 Å². The molecule has 2 aromatic heterocycles. The van der Waals surface area contributed by atoms with Gasteiger partial charge >= 0.3 is 0 Å². The van der Waals surface area contributed by atoms with Gasteiger partial charge in [0.15, 0.2) is 0 Å². The van der Waals surface area contributed by atoms with E-state index in [2.05, 4.69) is 9.82 Å². The van der Waals surface area contributed by atoms with E-state index in [-0.39, 0.29) is 4.90 Å². The molecule has 0 saturated heterocycles. The molecule has 0 bridgehead atoms. The number of hydrogen-bond acceptors (Lipinski definition) is 5. The zero-order valence-electron chi connectivity index (χ0n) is 10.3. The number of nitrogens with one attached hydrogen (secondary N) is 1. The minimum Gasteiger partial charge on any atom is -0.326 e. The first kappa shape index (κ1) is 14.2. The Morgan fingerprint density at radius 1 is 1.47 bits per heavy atom. The van der Waals surface area contributed by atoms with Gasteiger partial charge in [-0.3, -0.25) is 4.68 Å². The quantitative estimate of drug-likeness (QED) is 0.739. The Balaban J connectivity index is 1.84. The van der Waals surface area contributed by atoms with Crippen LogP contribution >= 0.6 is 11.3 Å². The van der Waals surface area contributed by atoms with Gasteiger partial charge in [0.05, 0.1) is 4.90 Å².